The van der Waals surface area contributed by atoms with E-state index in [-0.39, 0.29) is 21.8 Å². The molecule has 1 aliphatic heterocycles. The molecule has 0 radical (unpaired) electrons. The van der Waals surface area contributed by atoms with E-state index in [4.69, 9.17) is 0 Å². The highest BCUT2D eigenvalue weighted by atomic mass is 32.2. The number of phenolic OH excluding ortho intramolecular Hbond substituents is 3. The van der Waals surface area contributed by atoms with E-state index in [0.29, 0.717) is 17.3 Å². The zero-order valence-electron chi connectivity index (χ0n) is 14.6. The van der Waals surface area contributed by atoms with Gasteiger partial charge in [0.25, 0.3) is 0 Å². The Morgan fingerprint density at radius 3 is 2.10 bits per heavy atom. The van der Waals surface area contributed by atoms with Gasteiger partial charge in [-0.15, -0.1) is 0 Å². The normalized spacial score (nSPS) is 18.7. The fourth-order valence-corrected chi connectivity index (χ4v) is 4.94. The highest BCUT2D eigenvalue weighted by Crippen LogP contribution is 2.56. The van der Waals surface area contributed by atoms with Crippen LogP contribution in [0, 0.1) is 0 Å². The quantitative estimate of drug-likeness (QED) is 0.522. The number of fused-ring (bicyclic) bond motifs is 1. The van der Waals surface area contributed by atoms with E-state index in [9.17, 15) is 33.3 Å². The molecule has 0 fully saturated rings. The Balaban J connectivity index is 2.10. The summed E-state index contributed by atoms with van der Waals surface area (Å²) in [7, 11) is 0. The van der Waals surface area contributed by atoms with Crippen LogP contribution in [-0.2, 0) is 16.4 Å². The number of hydrogen-bond acceptors (Lipinski definition) is 5. The van der Waals surface area contributed by atoms with Gasteiger partial charge in [-0.3, -0.25) is 4.79 Å². The number of benzene rings is 3. The smallest absolute Gasteiger partial charge is 0.417 e. The van der Waals surface area contributed by atoms with E-state index in [1.807, 2.05) is 0 Å². The molecule has 148 valence electrons. The number of carbonyl (C=O) groups excluding carboxylic acids is 1. The van der Waals surface area contributed by atoms with Crippen LogP contribution in [0.15, 0.2) is 65.6 Å². The second kappa shape index (κ2) is 6.45. The van der Waals surface area contributed by atoms with Crippen molar-refractivity contribution in [1.82, 2.24) is 0 Å². The molecule has 29 heavy (non-hydrogen) atoms. The van der Waals surface area contributed by atoms with Crippen LogP contribution in [0.5, 0.6) is 17.2 Å². The lowest BCUT2D eigenvalue weighted by atomic mass is 9.70. The minimum Gasteiger partial charge on any atom is -0.508 e. The van der Waals surface area contributed by atoms with Crippen molar-refractivity contribution in [3.05, 3.63) is 82.9 Å². The number of rotatable bonds is 2. The third kappa shape index (κ3) is 2.82. The topological polar surface area (TPSA) is 77.8 Å². The SMILES string of the molecule is O=C1Sc2c(C(F)(F)F)cccc2C1(c1ccc(O)cc1)c1ccc(O)c(O)c1. The zero-order chi connectivity index (χ0) is 21.0. The number of thioether (sulfide) groups is 1. The van der Waals surface area contributed by atoms with Crippen LogP contribution in [0.1, 0.15) is 22.3 Å². The molecule has 0 bridgehead atoms. The van der Waals surface area contributed by atoms with Gasteiger partial charge in [0.1, 0.15) is 11.2 Å². The molecule has 3 aromatic rings. The van der Waals surface area contributed by atoms with E-state index < -0.39 is 33.8 Å². The average molecular weight is 418 g/mol. The monoisotopic (exact) mass is 418 g/mol. The standard InChI is InChI=1S/C21H13F3O4S/c22-21(23,24)15-3-1-2-14-18(15)29-19(28)20(14,11-4-7-13(25)8-5-11)12-6-9-16(26)17(27)10-12/h1-10,25-27H. The van der Waals surface area contributed by atoms with Crippen LogP contribution < -0.4 is 0 Å². The lowest BCUT2D eigenvalue weighted by Crippen LogP contribution is -2.33. The van der Waals surface area contributed by atoms with E-state index >= 15 is 0 Å². The first kappa shape index (κ1) is 19.2. The van der Waals surface area contributed by atoms with Crippen LogP contribution in [0.3, 0.4) is 0 Å². The van der Waals surface area contributed by atoms with Crippen LogP contribution in [0.25, 0.3) is 0 Å². The van der Waals surface area contributed by atoms with Gasteiger partial charge in [0.2, 0.25) is 5.12 Å². The number of aromatic hydroxyl groups is 3. The van der Waals surface area contributed by atoms with Crippen molar-refractivity contribution >= 4 is 16.9 Å². The van der Waals surface area contributed by atoms with Crippen molar-refractivity contribution in [1.29, 1.82) is 0 Å². The Bertz CT molecular complexity index is 1130. The predicted octanol–water partition coefficient (Wildman–Crippen LogP) is 4.79. The third-order valence-corrected chi connectivity index (χ3v) is 6.07. The molecular formula is C21H13F3O4S. The Labute approximate surface area is 167 Å². The van der Waals surface area contributed by atoms with E-state index in [1.54, 1.807) is 0 Å². The first-order valence-corrected chi connectivity index (χ1v) is 9.22. The summed E-state index contributed by atoms with van der Waals surface area (Å²) in [5.41, 5.74) is -1.92. The van der Waals surface area contributed by atoms with Gasteiger partial charge in [0, 0.05) is 4.90 Å². The van der Waals surface area contributed by atoms with Crippen molar-refractivity contribution < 1.29 is 33.3 Å². The number of halogens is 3. The maximum absolute atomic E-state index is 13.6. The summed E-state index contributed by atoms with van der Waals surface area (Å²) in [6.07, 6.45) is -4.65. The van der Waals surface area contributed by atoms with Gasteiger partial charge in [-0.1, -0.05) is 30.3 Å². The molecule has 1 unspecified atom stereocenters. The maximum atomic E-state index is 13.6. The van der Waals surface area contributed by atoms with Gasteiger partial charge < -0.3 is 15.3 Å². The molecule has 0 aromatic heterocycles. The lowest BCUT2D eigenvalue weighted by molar-refractivity contribution is -0.139. The van der Waals surface area contributed by atoms with E-state index in [2.05, 4.69) is 0 Å². The van der Waals surface area contributed by atoms with Crippen LogP contribution in [0.2, 0.25) is 0 Å². The Kier molecular flexibility index (Phi) is 4.27. The summed E-state index contributed by atoms with van der Waals surface area (Å²) in [5, 5.41) is 28.7. The molecule has 1 aliphatic rings. The first-order chi connectivity index (χ1) is 13.7. The molecule has 0 amide bonds. The molecule has 3 N–H and O–H groups in total. The van der Waals surface area contributed by atoms with E-state index in [1.165, 1.54) is 48.5 Å². The second-order valence-corrected chi connectivity index (χ2v) is 7.55. The third-order valence-electron chi connectivity index (χ3n) is 4.93. The average Bonchev–Trinajstić information content (AvgIpc) is 2.96. The molecule has 3 aromatic carbocycles. The number of carbonyl (C=O) groups is 1. The van der Waals surface area contributed by atoms with Crippen molar-refractivity contribution in [3.63, 3.8) is 0 Å². The van der Waals surface area contributed by atoms with Crippen molar-refractivity contribution in [2.75, 3.05) is 0 Å². The molecule has 0 aliphatic carbocycles. The minimum atomic E-state index is -4.65. The summed E-state index contributed by atoms with van der Waals surface area (Å²) in [6.45, 7) is 0. The van der Waals surface area contributed by atoms with Gasteiger partial charge in [-0.25, -0.2) is 0 Å². The van der Waals surface area contributed by atoms with Gasteiger partial charge in [-0.2, -0.15) is 13.2 Å². The van der Waals surface area contributed by atoms with Crippen molar-refractivity contribution in [3.8, 4) is 17.2 Å². The second-order valence-electron chi connectivity index (χ2n) is 6.57. The molecule has 0 saturated heterocycles. The summed E-state index contributed by atoms with van der Waals surface area (Å²) in [5.74, 6) is -0.990. The molecule has 0 spiro atoms. The largest absolute Gasteiger partial charge is 0.508 e. The zero-order valence-corrected chi connectivity index (χ0v) is 15.4. The predicted molar refractivity (Wildman–Crippen MR) is 100 cm³/mol. The summed E-state index contributed by atoms with van der Waals surface area (Å²) in [6, 6.07) is 12.9. The fourth-order valence-electron chi connectivity index (χ4n) is 3.63. The molecule has 0 saturated carbocycles. The molecule has 8 heteroatoms. The van der Waals surface area contributed by atoms with E-state index in [0.717, 1.165) is 12.1 Å². The summed E-state index contributed by atoms with van der Waals surface area (Å²) in [4.78, 5) is 13.1. The molecule has 1 atom stereocenters. The Hall–Kier alpha value is -3.13. The number of hydrogen-bond donors (Lipinski definition) is 3. The summed E-state index contributed by atoms with van der Waals surface area (Å²) >= 11 is 0.490. The molecule has 1 heterocycles. The van der Waals surface area contributed by atoms with Crippen LogP contribution in [0.4, 0.5) is 13.2 Å². The van der Waals surface area contributed by atoms with Crippen LogP contribution >= 0.6 is 11.8 Å². The fraction of sp³-hybridized carbons (Fsp3) is 0.0952. The highest BCUT2D eigenvalue weighted by molar-refractivity contribution is 8.14. The minimum absolute atomic E-state index is 0.0696. The highest BCUT2D eigenvalue weighted by Gasteiger charge is 2.53. The van der Waals surface area contributed by atoms with Gasteiger partial charge in [-0.05, 0) is 58.8 Å². The molecular weight excluding hydrogens is 405 g/mol. The lowest BCUT2D eigenvalue weighted by Gasteiger charge is -2.30. The van der Waals surface area contributed by atoms with Crippen molar-refractivity contribution in [2.45, 2.75) is 16.5 Å². The van der Waals surface area contributed by atoms with Crippen molar-refractivity contribution in [2.24, 2.45) is 0 Å². The van der Waals surface area contributed by atoms with Gasteiger partial charge in [0.15, 0.2) is 11.5 Å². The number of phenols is 3. The van der Waals surface area contributed by atoms with Crippen LogP contribution in [-0.4, -0.2) is 20.4 Å². The molecule has 4 rings (SSSR count). The summed E-state index contributed by atoms with van der Waals surface area (Å²) < 4.78 is 40.7. The first-order valence-electron chi connectivity index (χ1n) is 8.40. The maximum Gasteiger partial charge on any atom is 0.417 e. The van der Waals surface area contributed by atoms with Gasteiger partial charge >= 0.3 is 6.18 Å². The Morgan fingerprint density at radius 2 is 1.48 bits per heavy atom. The van der Waals surface area contributed by atoms with Gasteiger partial charge in [0.05, 0.1) is 5.56 Å². The number of alkyl halides is 3. The molecule has 4 nitrogen and oxygen atoms in total. The Morgan fingerprint density at radius 1 is 0.828 bits per heavy atom.